The maximum absolute atomic E-state index is 4.85. The average molecular weight is 443 g/mol. The highest BCUT2D eigenvalue weighted by Crippen LogP contribution is 2.38. The van der Waals surface area contributed by atoms with Gasteiger partial charge in [0.15, 0.2) is 0 Å². The molecule has 2 heterocycles. The maximum atomic E-state index is 4.85. The topological polar surface area (TPSA) is 24.9 Å². The fraction of sp³-hybridized carbons (Fsp3) is 0.480. The van der Waals surface area contributed by atoms with Crippen LogP contribution in [-0.2, 0) is 19.3 Å². The van der Waals surface area contributed by atoms with Crippen LogP contribution in [0, 0.1) is 0 Å². The normalized spacial score (nSPS) is 15.2. The van der Waals surface area contributed by atoms with Crippen molar-refractivity contribution in [1.29, 1.82) is 0 Å². The molecule has 0 radical (unpaired) electrons. The average Bonchev–Trinajstić information content (AvgIpc) is 2.93. The molecule has 3 heteroatoms. The van der Waals surface area contributed by atoms with E-state index in [9.17, 15) is 0 Å². The van der Waals surface area contributed by atoms with Crippen LogP contribution in [0.25, 0.3) is 5.57 Å². The molecule has 1 aliphatic heterocycles. The van der Waals surface area contributed by atoms with Gasteiger partial charge in [-0.3, -0.25) is 4.98 Å². The number of rotatable bonds is 1. The summed E-state index contributed by atoms with van der Waals surface area (Å²) in [6.07, 6.45) is 7.47. The Bertz CT molecular complexity index is 800. The molecule has 1 aromatic heterocycles. The van der Waals surface area contributed by atoms with Gasteiger partial charge < -0.3 is 5.32 Å². The van der Waals surface area contributed by atoms with Gasteiger partial charge in [-0.2, -0.15) is 0 Å². The smallest absolute Gasteiger partial charge is 0.0740 e. The van der Waals surface area contributed by atoms with E-state index in [2.05, 4.69) is 52.4 Å². The molecule has 2 nitrogen and oxygen atoms in total. The standard InChI is InChI=1S/C21H23BrN2.2C2H6/c1-2-14-3-6-19-16(11-14)4-5-17-12-18(22)13-24-21(17)20(19)15-7-9-23-10-8-15;2*1-2/h3,6,11-13,23H,2,4-5,7-10H2,1H3;2*1-2H3. The summed E-state index contributed by atoms with van der Waals surface area (Å²) in [5, 5.41) is 3.48. The first-order chi connectivity index (χ1) is 13.8. The van der Waals surface area contributed by atoms with Crippen molar-refractivity contribution in [3.63, 3.8) is 0 Å². The Kier molecular flexibility index (Phi) is 9.40. The molecule has 2 aliphatic rings. The molecule has 0 amide bonds. The summed E-state index contributed by atoms with van der Waals surface area (Å²) in [4.78, 5) is 4.85. The Morgan fingerprint density at radius 2 is 1.61 bits per heavy atom. The molecule has 28 heavy (non-hydrogen) atoms. The number of halogens is 1. The molecule has 152 valence electrons. The third-order valence-corrected chi connectivity index (χ3v) is 5.68. The lowest BCUT2D eigenvalue weighted by Crippen LogP contribution is -2.24. The molecule has 1 N–H and O–H groups in total. The Morgan fingerprint density at radius 1 is 0.929 bits per heavy atom. The number of nitrogens with zero attached hydrogens (tertiary/aromatic N) is 1. The van der Waals surface area contributed by atoms with E-state index in [0.717, 1.165) is 49.7 Å². The van der Waals surface area contributed by atoms with Crippen LogP contribution in [0.2, 0.25) is 0 Å². The minimum atomic E-state index is 1.07. The van der Waals surface area contributed by atoms with E-state index in [1.807, 2.05) is 33.9 Å². The molecule has 0 spiro atoms. The van der Waals surface area contributed by atoms with Crippen molar-refractivity contribution < 1.29 is 0 Å². The van der Waals surface area contributed by atoms with Gasteiger partial charge in [0, 0.05) is 16.2 Å². The summed E-state index contributed by atoms with van der Waals surface area (Å²) in [6, 6.07) is 9.32. The van der Waals surface area contributed by atoms with Crippen LogP contribution in [-0.4, -0.2) is 18.1 Å². The van der Waals surface area contributed by atoms with Crippen LogP contribution < -0.4 is 5.32 Å². The zero-order chi connectivity index (χ0) is 20.5. The van der Waals surface area contributed by atoms with Crippen LogP contribution in [0.15, 0.2) is 40.5 Å². The number of fused-ring (bicyclic) bond motifs is 2. The van der Waals surface area contributed by atoms with Crippen LogP contribution in [0.1, 0.15) is 75.4 Å². The van der Waals surface area contributed by atoms with Crippen molar-refractivity contribution >= 4 is 21.5 Å². The number of benzene rings is 1. The molecular weight excluding hydrogens is 408 g/mol. The minimum Gasteiger partial charge on any atom is -0.316 e. The Balaban J connectivity index is 0.000000660. The third-order valence-electron chi connectivity index (χ3n) is 5.24. The van der Waals surface area contributed by atoms with Crippen molar-refractivity contribution in [1.82, 2.24) is 10.3 Å². The number of aromatic nitrogens is 1. The highest BCUT2D eigenvalue weighted by atomic mass is 79.9. The van der Waals surface area contributed by atoms with E-state index in [-0.39, 0.29) is 0 Å². The lowest BCUT2D eigenvalue weighted by atomic mass is 9.88. The summed E-state index contributed by atoms with van der Waals surface area (Å²) in [5.41, 5.74) is 9.90. The van der Waals surface area contributed by atoms with Gasteiger partial charge in [0.05, 0.1) is 5.69 Å². The quantitative estimate of drug-likeness (QED) is 0.528. The Hall–Kier alpha value is -1.45. The molecule has 2 aromatic rings. The van der Waals surface area contributed by atoms with Crippen molar-refractivity contribution in [2.24, 2.45) is 0 Å². The van der Waals surface area contributed by atoms with Gasteiger partial charge in [-0.1, -0.05) is 58.4 Å². The second kappa shape index (κ2) is 11.5. The molecule has 1 aromatic carbocycles. The molecule has 0 atom stereocenters. The first kappa shape index (κ1) is 22.8. The van der Waals surface area contributed by atoms with E-state index in [0.29, 0.717) is 0 Å². The highest BCUT2D eigenvalue weighted by molar-refractivity contribution is 9.10. The van der Waals surface area contributed by atoms with Crippen molar-refractivity contribution in [3.05, 3.63) is 68.5 Å². The number of pyridine rings is 1. The predicted molar refractivity (Wildman–Crippen MR) is 126 cm³/mol. The van der Waals surface area contributed by atoms with Crippen LogP contribution in [0.4, 0.5) is 0 Å². The molecule has 1 aliphatic carbocycles. The number of aryl methyl sites for hydroxylation is 3. The second-order valence-corrected chi connectivity index (χ2v) is 7.65. The molecule has 1 saturated heterocycles. The fourth-order valence-corrected chi connectivity index (χ4v) is 4.33. The lowest BCUT2D eigenvalue weighted by molar-refractivity contribution is 0.611. The van der Waals surface area contributed by atoms with E-state index in [4.69, 9.17) is 4.98 Å². The Labute approximate surface area is 180 Å². The largest absolute Gasteiger partial charge is 0.316 e. The number of hydrogen-bond acceptors (Lipinski definition) is 2. The van der Waals surface area contributed by atoms with E-state index < -0.39 is 0 Å². The summed E-state index contributed by atoms with van der Waals surface area (Å²) in [7, 11) is 0. The first-order valence-electron chi connectivity index (χ1n) is 11.0. The van der Waals surface area contributed by atoms with E-state index >= 15 is 0 Å². The van der Waals surface area contributed by atoms with E-state index in [1.165, 1.54) is 33.5 Å². The molecule has 0 unspecified atom stereocenters. The molecule has 0 saturated carbocycles. The lowest BCUT2D eigenvalue weighted by Gasteiger charge is -2.22. The van der Waals surface area contributed by atoms with Gasteiger partial charge in [0.1, 0.15) is 0 Å². The fourth-order valence-electron chi connectivity index (χ4n) is 3.95. The van der Waals surface area contributed by atoms with Crippen LogP contribution in [0.5, 0.6) is 0 Å². The maximum Gasteiger partial charge on any atom is 0.0740 e. The predicted octanol–water partition coefficient (Wildman–Crippen LogP) is 6.74. The van der Waals surface area contributed by atoms with Gasteiger partial charge in [-0.05, 0) is 89.4 Å². The number of nitrogens with one attached hydrogen (secondary N) is 1. The third kappa shape index (κ3) is 5.12. The summed E-state index contributed by atoms with van der Waals surface area (Å²) in [6.45, 7) is 12.4. The second-order valence-electron chi connectivity index (χ2n) is 6.73. The van der Waals surface area contributed by atoms with E-state index in [1.54, 1.807) is 5.57 Å². The zero-order valence-electron chi connectivity index (χ0n) is 18.2. The van der Waals surface area contributed by atoms with Crippen molar-refractivity contribution in [2.45, 2.75) is 66.7 Å². The van der Waals surface area contributed by atoms with Crippen molar-refractivity contribution in [2.75, 3.05) is 13.1 Å². The van der Waals surface area contributed by atoms with Gasteiger partial charge in [0.2, 0.25) is 0 Å². The summed E-state index contributed by atoms with van der Waals surface area (Å²) in [5.74, 6) is 0. The first-order valence-corrected chi connectivity index (χ1v) is 11.7. The molecule has 4 rings (SSSR count). The SMILES string of the molecule is CC.CC.CCc1ccc2c(c1)CCc1cc(Br)cnc1C2=C1CCNCC1. The van der Waals surface area contributed by atoms with Crippen LogP contribution in [0.3, 0.4) is 0 Å². The molecule has 0 bridgehead atoms. The summed E-state index contributed by atoms with van der Waals surface area (Å²) >= 11 is 3.60. The highest BCUT2D eigenvalue weighted by Gasteiger charge is 2.23. The van der Waals surface area contributed by atoms with Gasteiger partial charge in [-0.15, -0.1) is 0 Å². The van der Waals surface area contributed by atoms with Gasteiger partial charge in [0.25, 0.3) is 0 Å². The number of piperidine rings is 1. The zero-order valence-corrected chi connectivity index (χ0v) is 19.7. The Morgan fingerprint density at radius 3 is 2.29 bits per heavy atom. The number of hydrogen-bond donors (Lipinski definition) is 1. The van der Waals surface area contributed by atoms with Crippen LogP contribution >= 0.6 is 15.9 Å². The van der Waals surface area contributed by atoms with Gasteiger partial charge in [-0.25, -0.2) is 0 Å². The minimum absolute atomic E-state index is 1.07. The van der Waals surface area contributed by atoms with Crippen molar-refractivity contribution in [3.8, 4) is 0 Å². The molecular formula is C25H35BrN2. The monoisotopic (exact) mass is 442 g/mol. The molecule has 1 fully saturated rings. The van der Waals surface area contributed by atoms with Gasteiger partial charge >= 0.3 is 0 Å². The summed E-state index contributed by atoms with van der Waals surface area (Å²) < 4.78 is 1.08.